The summed E-state index contributed by atoms with van der Waals surface area (Å²) in [5.74, 6) is 0.621. The maximum Gasteiger partial charge on any atom is 0.243 e. The van der Waals surface area contributed by atoms with E-state index in [-0.39, 0.29) is 23.2 Å². The monoisotopic (exact) mass is 570 g/mol. The lowest BCUT2D eigenvalue weighted by molar-refractivity contribution is -0.137. The van der Waals surface area contributed by atoms with E-state index in [9.17, 15) is 9.59 Å². The minimum atomic E-state index is -0.327. The Morgan fingerprint density at radius 2 is 1.82 bits per heavy atom. The van der Waals surface area contributed by atoms with Gasteiger partial charge in [-0.2, -0.15) is 12.6 Å². The van der Waals surface area contributed by atoms with Crippen LogP contribution in [0.25, 0.3) is 21.3 Å². The van der Waals surface area contributed by atoms with Gasteiger partial charge in [-0.15, -0.1) is 11.3 Å². The summed E-state index contributed by atoms with van der Waals surface area (Å²) >= 11 is 6.56. The highest BCUT2D eigenvalue weighted by molar-refractivity contribution is 7.80. The molecule has 3 aliphatic rings. The van der Waals surface area contributed by atoms with Crippen molar-refractivity contribution < 1.29 is 9.59 Å². The molecule has 0 aliphatic carbocycles. The fourth-order valence-electron chi connectivity index (χ4n) is 6.25. The number of fused-ring (bicyclic) bond motifs is 2. The van der Waals surface area contributed by atoms with E-state index in [0.29, 0.717) is 19.4 Å². The van der Waals surface area contributed by atoms with Gasteiger partial charge in [0.05, 0.1) is 16.8 Å². The molecule has 40 heavy (non-hydrogen) atoms. The molecule has 2 fully saturated rings. The molecule has 204 valence electrons. The summed E-state index contributed by atoms with van der Waals surface area (Å²) in [5.41, 5.74) is 6.10. The first-order chi connectivity index (χ1) is 19.6. The van der Waals surface area contributed by atoms with Crippen LogP contribution < -0.4 is 10.2 Å². The van der Waals surface area contributed by atoms with Crippen LogP contribution in [0.5, 0.6) is 0 Å². The van der Waals surface area contributed by atoms with Gasteiger partial charge in [-0.25, -0.2) is 9.97 Å². The molecular weight excluding hydrogens is 541 g/mol. The van der Waals surface area contributed by atoms with Crippen molar-refractivity contribution in [2.45, 2.75) is 37.3 Å². The number of piperazine rings is 1. The number of thiol groups is 1. The fraction of sp³-hybridized carbons (Fsp3) is 0.333. The average molecular weight is 571 g/mol. The van der Waals surface area contributed by atoms with Gasteiger partial charge in [0, 0.05) is 56.6 Å². The standard InChI is InChI=1S/C30H30N6O2S2/c37-25-10-9-24(28(38)33-25)36-16-22-20(7-4-8-21(22)30(36)39)15-34-11-13-35(14-12-34)27-26-23(19-5-2-1-3-6-19)17-40-29(26)32-18-31-27/h1-8,17-18,24,30,39H,9-16H2,(H,33,37,38). The molecule has 0 bridgehead atoms. The van der Waals surface area contributed by atoms with Crippen LogP contribution in [-0.4, -0.2) is 63.8 Å². The molecule has 1 N–H and O–H groups in total. The van der Waals surface area contributed by atoms with E-state index >= 15 is 0 Å². The number of rotatable bonds is 5. The van der Waals surface area contributed by atoms with Crippen molar-refractivity contribution in [3.8, 4) is 11.1 Å². The molecule has 8 nitrogen and oxygen atoms in total. The van der Waals surface area contributed by atoms with Crippen LogP contribution in [0.3, 0.4) is 0 Å². The van der Waals surface area contributed by atoms with Crippen LogP contribution in [0.1, 0.15) is 34.9 Å². The van der Waals surface area contributed by atoms with E-state index in [1.165, 1.54) is 27.8 Å². The van der Waals surface area contributed by atoms with Gasteiger partial charge in [0.2, 0.25) is 11.8 Å². The van der Waals surface area contributed by atoms with Crippen molar-refractivity contribution in [3.05, 3.63) is 76.9 Å². The Morgan fingerprint density at radius 3 is 2.62 bits per heavy atom. The second-order valence-corrected chi connectivity index (χ2v) is 12.0. The molecule has 7 rings (SSSR count). The van der Waals surface area contributed by atoms with Gasteiger partial charge in [-0.05, 0) is 28.7 Å². The maximum absolute atomic E-state index is 12.6. The smallest absolute Gasteiger partial charge is 0.243 e. The molecule has 0 radical (unpaired) electrons. The number of thiophene rings is 1. The number of nitrogens with one attached hydrogen (secondary N) is 1. The number of aromatic nitrogens is 2. The first-order valence-electron chi connectivity index (χ1n) is 13.7. The number of benzene rings is 2. The summed E-state index contributed by atoms with van der Waals surface area (Å²) in [7, 11) is 0. The van der Waals surface area contributed by atoms with Crippen LogP contribution >= 0.6 is 24.0 Å². The number of carbonyl (C=O) groups excluding carboxylic acids is 2. The van der Waals surface area contributed by atoms with Gasteiger partial charge >= 0.3 is 0 Å². The molecule has 5 heterocycles. The van der Waals surface area contributed by atoms with Crippen LogP contribution in [-0.2, 0) is 22.7 Å². The predicted octanol–water partition coefficient (Wildman–Crippen LogP) is 4.23. The molecule has 0 spiro atoms. The Kier molecular flexibility index (Phi) is 6.79. The third kappa shape index (κ3) is 4.58. The van der Waals surface area contributed by atoms with E-state index in [2.05, 4.69) is 72.8 Å². The molecule has 10 heteroatoms. The van der Waals surface area contributed by atoms with Gasteiger partial charge in [0.1, 0.15) is 17.0 Å². The lowest BCUT2D eigenvalue weighted by Crippen LogP contribution is -2.51. The number of nitrogens with zero attached hydrogens (tertiary/aromatic N) is 5. The van der Waals surface area contributed by atoms with Crippen molar-refractivity contribution in [1.82, 2.24) is 25.1 Å². The quantitative estimate of drug-likeness (QED) is 0.275. The Balaban J connectivity index is 1.06. The third-order valence-corrected chi connectivity index (χ3v) is 9.81. The number of imide groups is 1. The highest BCUT2D eigenvalue weighted by Gasteiger charge is 2.40. The maximum atomic E-state index is 12.6. The summed E-state index contributed by atoms with van der Waals surface area (Å²) in [5, 5.41) is 5.68. The number of carbonyl (C=O) groups is 2. The second-order valence-electron chi connectivity index (χ2n) is 10.7. The summed E-state index contributed by atoms with van der Waals surface area (Å²) < 4.78 is 0. The van der Waals surface area contributed by atoms with Crippen LogP contribution in [0.4, 0.5) is 5.82 Å². The minimum absolute atomic E-state index is 0.152. The highest BCUT2D eigenvalue weighted by Crippen LogP contribution is 2.41. The van der Waals surface area contributed by atoms with Gasteiger partial charge < -0.3 is 4.90 Å². The molecule has 0 saturated carbocycles. The fourth-order valence-corrected chi connectivity index (χ4v) is 7.65. The summed E-state index contributed by atoms with van der Waals surface area (Å²) in [6, 6.07) is 16.6. The van der Waals surface area contributed by atoms with E-state index in [1.54, 1.807) is 17.7 Å². The average Bonchev–Trinajstić information content (AvgIpc) is 3.56. The van der Waals surface area contributed by atoms with E-state index in [4.69, 9.17) is 17.6 Å². The Bertz CT molecular complexity index is 1580. The van der Waals surface area contributed by atoms with Crippen LogP contribution in [0.2, 0.25) is 0 Å². The molecule has 2 amide bonds. The van der Waals surface area contributed by atoms with Crippen molar-refractivity contribution >= 4 is 51.8 Å². The Labute approximate surface area is 242 Å². The summed E-state index contributed by atoms with van der Waals surface area (Å²) in [6.07, 6.45) is 2.60. The molecule has 4 aromatic rings. The Hall–Kier alpha value is -3.31. The Morgan fingerprint density at radius 1 is 1.00 bits per heavy atom. The van der Waals surface area contributed by atoms with Gasteiger partial charge in [-0.1, -0.05) is 48.5 Å². The third-order valence-electron chi connectivity index (χ3n) is 8.35. The lowest BCUT2D eigenvalue weighted by Gasteiger charge is -2.36. The topological polar surface area (TPSA) is 81.7 Å². The zero-order valence-corrected chi connectivity index (χ0v) is 23.7. The van der Waals surface area contributed by atoms with Gasteiger partial charge in [0.15, 0.2) is 0 Å². The zero-order valence-electron chi connectivity index (χ0n) is 22.0. The summed E-state index contributed by atoms with van der Waals surface area (Å²) in [6.45, 7) is 5.17. The first-order valence-corrected chi connectivity index (χ1v) is 15.1. The molecule has 2 unspecified atom stereocenters. The van der Waals surface area contributed by atoms with E-state index in [0.717, 1.165) is 48.8 Å². The van der Waals surface area contributed by atoms with Crippen molar-refractivity contribution in [2.75, 3.05) is 31.1 Å². The molecular formula is C30H30N6O2S2. The SMILES string of the molecule is O=C1CCC(N2Cc3c(CN4CCN(c5ncnc6scc(-c7ccccc7)c56)CC4)cccc3C2S)C(=O)N1. The first kappa shape index (κ1) is 25.6. The van der Waals surface area contributed by atoms with Crippen molar-refractivity contribution in [2.24, 2.45) is 0 Å². The normalized spacial score (nSPS) is 22.1. The largest absolute Gasteiger partial charge is 0.353 e. The van der Waals surface area contributed by atoms with Crippen molar-refractivity contribution in [1.29, 1.82) is 0 Å². The molecule has 2 aromatic carbocycles. The minimum Gasteiger partial charge on any atom is -0.353 e. The summed E-state index contributed by atoms with van der Waals surface area (Å²) in [4.78, 5) is 41.6. The molecule has 3 aliphatic heterocycles. The molecule has 2 aromatic heterocycles. The zero-order chi connectivity index (χ0) is 27.2. The van der Waals surface area contributed by atoms with Crippen molar-refractivity contribution in [3.63, 3.8) is 0 Å². The molecule has 2 atom stereocenters. The number of piperidine rings is 1. The van der Waals surface area contributed by atoms with Crippen LogP contribution in [0.15, 0.2) is 60.2 Å². The number of hydrogen-bond acceptors (Lipinski definition) is 9. The number of amides is 2. The predicted molar refractivity (Wildman–Crippen MR) is 160 cm³/mol. The lowest BCUT2D eigenvalue weighted by atomic mass is 10.0. The number of anilines is 1. The molecule has 2 saturated heterocycles. The van der Waals surface area contributed by atoms with Gasteiger partial charge in [0.25, 0.3) is 0 Å². The van der Waals surface area contributed by atoms with Gasteiger partial charge in [-0.3, -0.25) is 24.7 Å². The second kappa shape index (κ2) is 10.6. The highest BCUT2D eigenvalue weighted by atomic mass is 32.1. The van der Waals surface area contributed by atoms with Crippen LogP contribution in [0, 0.1) is 0 Å². The van der Waals surface area contributed by atoms with E-state index in [1.807, 2.05) is 6.07 Å². The van der Waals surface area contributed by atoms with E-state index < -0.39 is 0 Å². The number of hydrogen-bond donors (Lipinski definition) is 2.